The number of hydrogen-bond donors (Lipinski definition) is 3. The zero-order chi connectivity index (χ0) is 15.2. The minimum Gasteiger partial charge on any atom is -0.389 e. The number of nitrogens with one attached hydrogen (secondary N) is 2. The molecule has 0 aromatic heterocycles. The number of rotatable bonds is 5. The van der Waals surface area contributed by atoms with Crippen molar-refractivity contribution in [2.24, 2.45) is 0 Å². The van der Waals surface area contributed by atoms with E-state index in [1.54, 1.807) is 31.2 Å². The molecule has 0 saturated carbocycles. The van der Waals surface area contributed by atoms with Gasteiger partial charge in [-0.15, -0.1) is 0 Å². The number of anilines is 1. The van der Waals surface area contributed by atoms with Crippen molar-refractivity contribution in [3.8, 4) is 0 Å². The molecule has 0 saturated heterocycles. The van der Waals surface area contributed by atoms with Crippen LogP contribution >= 0.6 is 11.8 Å². The topological polar surface area (TPSA) is 61.4 Å². The fraction of sp³-hybridized carbons (Fsp3) is 0.417. The van der Waals surface area contributed by atoms with E-state index in [1.807, 2.05) is 0 Å². The third-order valence-corrected chi connectivity index (χ3v) is 3.02. The van der Waals surface area contributed by atoms with E-state index in [0.29, 0.717) is 11.3 Å². The molecule has 0 aliphatic heterocycles. The molecular formula is C12H15F3N2O2S. The van der Waals surface area contributed by atoms with Crippen molar-refractivity contribution < 1.29 is 23.1 Å². The summed E-state index contributed by atoms with van der Waals surface area (Å²) in [4.78, 5) is 11.4. The van der Waals surface area contributed by atoms with Gasteiger partial charge in [0.05, 0.1) is 6.10 Å². The molecule has 1 aromatic rings. The lowest BCUT2D eigenvalue weighted by Crippen LogP contribution is -2.31. The van der Waals surface area contributed by atoms with E-state index in [-0.39, 0.29) is 24.1 Å². The average Bonchev–Trinajstić information content (AvgIpc) is 2.34. The van der Waals surface area contributed by atoms with Crippen LogP contribution < -0.4 is 10.6 Å². The number of benzene rings is 1. The van der Waals surface area contributed by atoms with Gasteiger partial charge in [-0.05, 0) is 36.4 Å². The maximum atomic E-state index is 11.9. The van der Waals surface area contributed by atoms with Gasteiger partial charge in [0.25, 0.3) is 0 Å². The fourth-order valence-electron chi connectivity index (χ4n) is 1.38. The highest BCUT2D eigenvalue weighted by Crippen LogP contribution is 2.29. The van der Waals surface area contributed by atoms with Gasteiger partial charge in [-0.25, -0.2) is 4.79 Å². The van der Waals surface area contributed by atoms with Crippen molar-refractivity contribution in [1.82, 2.24) is 5.32 Å². The average molecular weight is 308 g/mol. The van der Waals surface area contributed by atoms with Crippen molar-refractivity contribution in [3.05, 3.63) is 29.8 Å². The number of amides is 2. The zero-order valence-electron chi connectivity index (χ0n) is 10.7. The number of thioether (sulfide) groups is 1. The lowest BCUT2D eigenvalue weighted by molar-refractivity contribution is -0.0327. The van der Waals surface area contributed by atoms with Gasteiger partial charge >= 0.3 is 11.5 Å². The van der Waals surface area contributed by atoms with Crippen LogP contribution in [0.5, 0.6) is 0 Å². The molecule has 0 bridgehead atoms. The van der Waals surface area contributed by atoms with Crippen molar-refractivity contribution in [2.75, 3.05) is 17.6 Å². The Labute approximate surface area is 118 Å². The Balaban J connectivity index is 2.37. The van der Waals surface area contributed by atoms with Crippen molar-refractivity contribution in [3.63, 3.8) is 0 Å². The Hall–Kier alpha value is -1.41. The summed E-state index contributed by atoms with van der Waals surface area (Å²) in [6.45, 7) is 1.50. The standard InChI is InChI=1S/C12H15F3N2O2S/c1-8(18)9-3-2-4-10(7-9)17-11(19)16-5-6-20-12(13,14)15/h2-4,7-8,18H,5-6H2,1H3,(H2,16,17,19). The number of urea groups is 1. The SMILES string of the molecule is CC(O)c1cccc(NC(=O)NCCSC(F)(F)F)c1. The number of alkyl halides is 3. The molecule has 8 heteroatoms. The molecular weight excluding hydrogens is 293 g/mol. The van der Waals surface area contributed by atoms with Crippen LogP contribution in [0.25, 0.3) is 0 Å². The van der Waals surface area contributed by atoms with Crippen LogP contribution in [-0.4, -0.2) is 28.9 Å². The summed E-state index contributed by atoms with van der Waals surface area (Å²) in [5.74, 6) is -0.245. The molecule has 0 fully saturated rings. The summed E-state index contributed by atoms with van der Waals surface area (Å²) in [5, 5.41) is 14.2. The van der Waals surface area contributed by atoms with Crippen molar-refractivity contribution in [1.29, 1.82) is 0 Å². The van der Waals surface area contributed by atoms with E-state index in [1.165, 1.54) is 0 Å². The van der Waals surface area contributed by atoms with E-state index in [9.17, 15) is 23.1 Å². The van der Waals surface area contributed by atoms with Gasteiger partial charge in [0.15, 0.2) is 0 Å². The molecule has 0 radical (unpaired) electrons. The molecule has 1 atom stereocenters. The van der Waals surface area contributed by atoms with E-state index < -0.39 is 17.6 Å². The summed E-state index contributed by atoms with van der Waals surface area (Å²) >= 11 is -0.187. The fourth-order valence-corrected chi connectivity index (χ4v) is 1.82. The third kappa shape index (κ3) is 6.67. The van der Waals surface area contributed by atoms with E-state index in [4.69, 9.17) is 0 Å². The Morgan fingerprint density at radius 1 is 1.45 bits per heavy atom. The Kier molecular flexibility index (Phi) is 6.15. The summed E-state index contributed by atoms with van der Waals surface area (Å²) in [5.41, 5.74) is -3.19. The Morgan fingerprint density at radius 3 is 2.75 bits per heavy atom. The first-order valence-corrected chi connectivity index (χ1v) is 6.80. The molecule has 3 N–H and O–H groups in total. The number of halogens is 3. The smallest absolute Gasteiger partial charge is 0.389 e. The molecule has 2 amide bonds. The summed E-state index contributed by atoms with van der Waals surface area (Å²) in [6.07, 6.45) is -0.664. The van der Waals surface area contributed by atoms with Crippen LogP contribution in [0.2, 0.25) is 0 Å². The molecule has 112 valence electrons. The van der Waals surface area contributed by atoms with Crippen LogP contribution in [0.1, 0.15) is 18.6 Å². The number of aliphatic hydroxyl groups is 1. The minimum absolute atomic E-state index is 0.0912. The van der Waals surface area contributed by atoms with Crippen LogP contribution in [0.3, 0.4) is 0 Å². The van der Waals surface area contributed by atoms with Crippen LogP contribution in [-0.2, 0) is 0 Å². The van der Waals surface area contributed by atoms with Crippen LogP contribution in [0.15, 0.2) is 24.3 Å². The normalized spacial score (nSPS) is 12.8. The summed E-state index contributed by atoms with van der Waals surface area (Å²) in [6, 6.07) is 5.99. The Bertz CT molecular complexity index is 453. The zero-order valence-corrected chi connectivity index (χ0v) is 11.5. The van der Waals surface area contributed by atoms with Gasteiger partial charge in [0.2, 0.25) is 0 Å². The molecule has 1 unspecified atom stereocenters. The molecule has 0 aliphatic rings. The van der Waals surface area contributed by atoms with Gasteiger partial charge < -0.3 is 15.7 Å². The number of aliphatic hydroxyl groups excluding tert-OH is 1. The van der Waals surface area contributed by atoms with Crippen molar-refractivity contribution in [2.45, 2.75) is 18.5 Å². The highest BCUT2D eigenvalue weighted by molar-refractivity contribution is 8.00. The predicted molar refractivity (Wildman–Crippen MR) is 72.6 cm³/mol. The van der Waals surface area contributed by atoms with E-state index in [2.05, 4.69) is 10.6 Å². The second-order valence-corrected chi connectivity index (χ2v) is 5.14. The molecule has 0 spiro atoms. The van der Waals surface area contributed by atoms with Gasteiger partial charge in [0.1, 0.15) is 0 Å². The highest BCUT2D eigenvalue weighted by Gasteiger charge is 2.27. The largest absolute Gasteiger partial charge is 0.441 e. The molecule has 20 heavy (non-hydrogen) atoms. The van der Waals surface area contributed by atoms with Crippen molar-refractivity contribution >= 4 is 23.5 Å². The minimum atomic E-state index is -4.29. The quantitative estimate of drug-likeness (QED) is 0.732. The molecule has 1 rings (SSSR count). The monoisotopic (exact) mass is 308 g/mol. The molecule has 0 heterocycles. The second-order valence-electron chi connectivity index (χ2n) is 3.98. The van der Waals surface area contributed by atoms with E-state index in [0.717, 1.165) is 0 Å². The molecule has 0 aliphatic carbocycles. The van der Waals surface area contributed by atoms with Gasteiger partial charge in [-0.1, -0.05) is 12.1 Å². The number of carbonyl (C=O) groups excluding carboxylic acids is 1. The number of hydrogen-bond acceptors (Lipinski definition) is 3. The Morgan fingerprint density at radius 2 is 2.15 bits per heavy atom. The number of carbonyl (C=O) groups is 1. The molecule has 4 nitrogen and oxygen atoms in total. The second kappa shape index (κ2) is 7.39. The van der Waals surface area contributed by atoms with E-state index >= 15 is 0 Å². The lowest BCUT2D eigenvalue weighted by atomic mass is 10.1. The first-order valence-electron chi connectivity index (χ1n) is 5.81. The first kappa shape index (κ1) is 16.6. The summed E-state index contributed by atoms with van der Waals surface area (Å²) < 4.78 is 35.6. The van der Waals surface area contributed by atoms with Gasteiger partial charge in [0, 0.05) is 18.0 Å². The maximum absolute atomic E-state index is 11.9. The lowest BCUT2D eigenvalue weighted by Gasteiger charge is -2.10. The predicted octanol–water partition coefficient (Wildman–Crippen LogP) is 3.11. The third-order valence-electron chi connectivity index (χ3n) is 2.28. The maximum Gasteiger partial charge on any atom is 0.441 e. The van der Waals surface area contributed by atoms with Crippen LogP contribution in [0, 0.1) is 0 Å². The molecule has 1 aromatic carbocycles. The van der Waals surface area contributed by atoms with Gasteiger partial charge in [-0.2, -0.15) is 13.2 Å². The van der Waals surface area contributed by atoms with Crippen LogP contribution in [0.4, 0.5) is 23.7 Å². The van der Waals surface area contributed by atoms with Gasteiger partial charge in [-0.3, -0.25) is 0 Å². The highest BCUT2D eigenvalue weighted by atomic mass is 32.2. The summed E-state index contributed by atoms with van der Waals surface area (Å²) in [7, 11) is 0. The first-order chi connectivity index (χ1) is 9.28.